The van der Waals surface area contributed by atoms with Gasteiger partial charge in [0.1, 0.15) is 35.9 Å². The van der Waals surface area contributed by atoms with Crippen LogP contribution >= 0.6 is 0 Å². The van der Waals surface area contributed by atoms with Crippen molar-refractivity contribution in [3.8, 4) is 11.5 Å². The minimum atomic E-state index is -3.78. The van der Waals surface area contributed by atoms with Gasteiger partial charge >= 0.3 is 0 Å². The number of rotatable bonds is 6. The summed E-state index contributed by atoms with van der Waals surface area (Å²) in [6, 6.07) is 9.41. The Morgan fingerprint density at radius 3 is 1.54 bits per heavy atom. The molecule has 6 aliphatic rings. The number of hydrogen-bond acceptors (Lipinski definition) is 12. The number of sulfonamides is 2. The molecule has 3 N–H and O–H groups in total. The summed E-state index contributed by atoms with van der Waals surface area (Å²) in [5.41, 5.74) is 1.92. The van der Waals surface area contributed by atoms with Gasteiger partial charge in [-0.1, -0.05) is 0 Å². The van der Waals surface area contributed by atoms with Gasteiger partial charge in [0.15, 0.2) is 0 Å². The summed E-state index contributed by atoms with van der Waals surface area (Å²) in [5, 5.41) is 23.0. The number of nitrogens with zero attached hydrogens (tertiary/aromatic N) is 5. The van der Waals surface area contributed by atoms with E-state index >= 15 is 0 Å². The first kappa shape index (κ1) is 40.7. The molecule has 0 aliphatic carbocycles. The van der Waals surface area contributed by atoms with Crippen LogP contribution in [-0.4, -0.2) is 153 Å². The Kier molecular flexibility index (Phi) is 10.5. The second-order valence-corrected chi connectivity index (χ2v) is 19.9. The highest BCUT2D eigenvalue weighted by molar-refractivity contribution is 7.89. The number of fused-ring (bicyclic) bond motifs is 2. The summed E-state index contributed by atoms with van der Waals surface area (Å²) in [4.78, 5) is 41.4. The van der Waals surface area contributed by atoms with Crippen LogP contribution in [0.1, 0.15) is 34.6 Å². The summed E-state index contributed by atoms with van der Waals surface area (Å²) in [6.45, 7) is 11.5. The van der Waals surface area contributed by atoms with Crippen molar-refractivity contribution in [1.29, 1.82) is 0 Å². The van der Waals surface area contributed by atoms with Gasteiger partial charge < -0.3 is 39.7 Å². The standard InChI is InChI=1S/C20H25N3O6S.C18H23N3O5S/c1-13(24)23-6-7-29-18-5-4-16(8-17(18)23)30(27,28)22-11-14-9-21(10-15(14)12-22)19(25)20(2,3)26;1-18(2,23)17(22)20-8-12-10-21(11-13(12)9-20)27(24,25)14-3-4-16-15(7-14)19-5-6-26-16/h4-5,8,26H,6-7,9-12H2,1-3H3;3-4,7,19,23H,5-6,8-11H2,1-2H3. The molecule has 0 saturated carbocycles. The van der Waals surface area contributed by atoms with E-state index in [0.717, 1.165) is 22.3 Å². The maximum atomic E-state index is 13.2. The van der Waals surface area contributed by atoms with Crippen LogP contribution in [0.2, 0.25) is 0 Å². The lowest BCUT2D eigenvalue weighted by Gasteiger charge is -2.30. The summed E-state index contributed by atoms with van der Waals surface area (Å²) < 4.78 is 66.4. The van der Waals surface area contributed by atoms with E-state index in [9.17, 15) is 41.4 Å². The van der Waals surface area contributed by atoms with Crippen LogP contribution in [0, 0.1) is 0 Å². The number of hydrogen-bond donors (Lipinski definition) is 3. The first-order valence-corrected chi connectivity index (χ1v) is 21.5. The predicted molar refractivity (Wildman–Crippen MR) is 208 cm³/mol. The lowest BCUT2D eigenvalue weighted by Crippen LogP contribution is -2.45. The van der Waals surface area contributed by atoms with Gasteiger partial charge in [-0.15, -0.1) is 0 Å². The predicted octanol–water partition coefficient (Wildman–Crippen LogP) is 0.751. The van der Waals surface area contributed by atoms with Gasteiger partial charge in [-0.25, -0.2) is 16.8 Å². The smallest absolute Gasteiger partial charge is 0.254 e. The Balaban J connectivity index is 0.000000175. The second-order valence-electron chi connectivity index (χ2n) is 16.0. The molecule has 57 heavy (non-hydrogen) atoms. The number of ether oxygens (including phenoxy) is 2. The third-order valence-corrected chi connectivity index (χ3v) is 14.3. The zero-order valence-corrected chi connectivity index (χ0v) is 34.2. The maximum absolute atomic E-state index is 13.2. The minimum absolute atomic E-state index is 0.101. The number of benzene rings is 2. The Labute approximate surface area is 332 Å². The highest BCUT2D eigenvalue weighted by Crippen LogP contribution is 2.38. The molecule has 8 rings (SSSR count). The average molecular weight is 829 g/mol. The molecular formula is C38H48N6O11S2. The van der Waals surface area contributed by atoms with Crippen molar-refractivity contribution in [3.63, 3.8) is 0 Å². The van der Waals surface area contributed by atoms with Gasteiger partial charge in [0.25, 0.3) is 11.8 Å². The maximum Gasteiger partial charge on any atom is 0.254 e. The monoisotopic (exact) mass is 828 g/mol. The molecule has 2 aromatic rings. The van der Waals surface area contributed by atoms with E-state index in [0.29, 0.717) is 75.4 Å². The van der Waals surface area contributed by atoms with Crippen LogP contribution in [0.15, 0.2) is 68.5 Å². The summed E-state index contributed by atoms with van der Waals surface area (Å²) in [7, 11) is -7.42. The number of nitrogens with one attached hydrogen (secondary N) is 1. The van der Waals surface area contributed by atoms with Crippen LogP contribution in [-0.2, 0) is 34.4 Å². The normalized spacial score (nSPS) is 19.9. The molecule has 0 atom stereocenters. The zero-order chi connectivity index (χ0) is 41.2. The van der Waals surface area contributed by atoms with Crippen molar-refractivity contribution >= 4 is 49.1 Å². The molecule has 17 nitrogen and oxygen atoms in total. The van der Waals surface area contributed by atoms with E-state index in [4.69, 9.17) is 9.47 Å². The topological polar surface area (TPSA) is 207 Å². The van der Waals surface area contributed by atoms with E-state index in [2.05, 4.69) is 5.32 Å². The summed E-state index contributed by atoms with van der Waals surface area (Å²) in [5.74, 6) is 0.256. The molecule has 6 heterocycles. The average Bonchev–Trinajstić information content (AvgIpc) is 3.94. The Bertz CT molecular complexity index is 2280. The molecule has 2 aromatic carbocycles. The summed E-state index contributed by atoms with van der Waals surface area (Å²) >= 11 is 0. The molecule has 0 unspecified atom stereocenters. The van der Waals surface area contributed by atoms with Crippen molar-refractivity contribution in [2.24, 2.45) is 0 Å². The third-order valence-electron chi connectivity index (χ3n) is 10.7. The third kappa shape index (κ3) is 7.88. The van der Waals surface area contributed by atoms with Crippen molar-refractivity contribution in [1.82, 2.24) is 18.4 Å². The Hall–Kier alpha value is -4.53. The molecule has 0 fully saturated rings. The van der Waals surface area contributed by atoms with Crippen molar-refractivity contribution in [3.05, 3.63) is 58.7 Å². The SMILES string of the molecule is CC(=O)N1CCOc2ccc(S(=O)(=O)N3CC4=C(CN(C(=O)C(C)(C)O)C4)C3)cc21.CC(C)(O)C(=O)N1CC2=C(C1)CN(S(=O)(=O)c1ccc3c(c1)NCCO3)C2. The van der Waals surface area contributed by atoms with Crippen LogP contribution in [0.25, 0.3) is 0 Å². The fourth-order valence-electron chi connectivity index (χ4n) is 7.76. The van der Waals surface area contributed by atoms with Gasteiger partial charge in [0.2, 0.25) is 26.0 Å². The first-order chi connectivity index (χ1) is 26.6. The number of carbonyl (C=O) groups is 3. The Morgan fingerprint density at radius 2 is 1.09 bits per heavy atom. The van der Waals surface area contributed by atoms with Gasteiger partial charge in [-0.3, -0.25) is 14.4 Å². The van der Waals surface area contributed by atoms with E-state index < -0.39 is 31.2 Å². The number of carbonyl (C=O) groups excluding carboxylic acids is 3. The minimum Gasteiger partial charge on any atom is -0.490 e. The van der Waals surface area contributed by atoms with E-state index in [1.807, 2.05) is 0 Å². The molecule has 6 aliphatic heterocycles. The number of anilines is 2. The Morgan fingerprint density at radius 1 is 0.649 bits per heavy atom. The van der Waals surface area contributed by atoms with Crippen molar-refractivity contribution in [2.75, 3.05) is 88.9 Å². The van der Waals surface area contributed by atoms with Crippen LogP contribution in [0.3, 0.4) is 0 Å². The molecule has 0 saturated heterocycles. The molecule has 3 amide bonds. The van der Waals surface area contributed by atoms with Gasteiger partial charge in [-0.2, -0.15) is 8.61 Å². The zero-order valence-electron chi connectivity index (χ0n) is 32.6. The first-order valence-electron chi connectivity index (χ1n) is 18.6. The number of amides is 3. The fourth-order valence-corrected chi connectivity index (χ4v) is 10.7. The molecule has 0 aromatic heterocycles. The molecule has 0 radical (unpaired) electrons. The van der Waals surface area contributed by atoms with Gasteiger partial charge in [-0.05, 0) is 86.4 Å². The second kappa shape index (κ2) is 14.7. The lowest BCUT2D eigenvalue weighted by atomic mass is 10.1. The summed E-state index contributed by atoms with van der Waals surface area (Å²) in [6.07, 6.45) is 0. The van der Waals surface area contributed by atoms with E-state index in [1.54, 1.807) is 34.1 Å². The van der Waals surface area contributed by atoms with Crippen molar-refractivity contribution < 1.29 is 50.9 Å². The highest BCUT2D eigenvalue weighted by atomic mass is 32.2. The van der Waals surface area contributed by atoms with E-state index in [1.165, 1.54) is 60.3 Å². The van der Waals surface area contributed by atoms with Crippen LogP contribution < -0.4 is 19.7 Å². The van der Waals surface area contributed by atoms with Crippen LogP contribution in [0.5, 0.6) is 11.5 Å². The molecular weight excluding hydrogens is 781 g/mol. The van der Waals surface area contributed by atoms with Gasteiger partial charge in [0, 0.05) is 65.8 Å². The quantitative estimate of drug-likeness (QED) is 0.345. The molecule has 0 spiro atoms. The fraction of sp³-hybridized carbons (Fsp3) is 0.500. The van der Waals surface area contributed by atoms with Gasteiger partial charge in [0.05, 0.1) is 27.7 Å². The molecule has 308 valence electrons. The highest BCUT2D eigenvalue weighted by Gasteiger charge is 2.42. The molecule has 0 bridgehead atoms. The molecule has 19 heteroatoms. The van der Waals surface area contributed by atoms with E-state index in [-0.39, 0.29) is 53.7 Å². The lowest BCUT2D eigenvalue weighted by molar-refractivity contribution is -0.147. The largest absolute Gasteiger partial charge is 0.490 e. The van der Waals surface area contributed by atoms with Crippen molar-refractivity contribution in [2.45, 2.75) is 55.6 Å². The van der Waals surface area contributed by atoms with Crippen LogP contribution in [0.4, 0.5) is 11.4 Å². The number of aliphatic hydroxyl groups is 2.